The number of hydrogen-bond acceptors (Lipinski definition) is 1. The third-order valence-electron chi connectivity index (χ3n) is 3.71. The molecule has 0 amide bonds. The van der Waals surface area contributed by atoms with Gasteiger partial charge in [0.15, 0.2) is 0 Å². The second-order valence-corrected chi connectivity index (χ2v) is 5.20. The Bertz CT molecular complexity index is 749. The predicted octanol–water partition coefficient (Wildman–Crippen LogP) is 4.15. The predicted molar refractivity (Wildman–Crippen MR) is 83.0 cm³/mol. The van der Waals surface area contributed by atoms with E-state index in [1.54, 1.807) is 0 Å². The van der Waals surface area contributed by atoms with Crippen molar-refractivity contribution in [2.45, 2.75) is 26.3 Å². The molecule has 20 heavy (non-hydrogen) atoms. The normalized spacial score (nSPS) is 12.7. The number of rotatable bonds is 4. The molecule has 1 N–H and O–H groups in total. The molecule has 3 heteroatoms. The summed E-state index contributed by atoms with van der Waals surface area (Å²) in [5.41, 5.74) is 4.67. The number of para-hydroxylation sites is 1. The zero-order valence-corrected chi connectivity index (χ0v) is 11.9. The second-order valence-electron chi connectivity index (χ2n) is 5.20. The molecule has 1 atom stereocenters. The van der Waals surface area contributed by atoms with Crippen molar-refractivity contribution in [3.05, 3.63) is 66.1 Å². The van der Waals surface area contributed by atoms with E-state index in [0.717, 1.165) is 17.6 Å². The van der Waals surface area contributed by atoms with Crippen molar-refractivity contribution in [3.63, 3.8) is 0 Å². The van der Waals surface area contributed by atoms with Crippen molar-refractivity contribution >= 4 is 10.9 Å². The lowest BCUT2D eigenvalue weighted by Crippen LogP contribution is -2.13. The van der Waals surface area contributed by atoms with Gasteiger partial charge in [-0.2, -0.15) is 5.10 Å². The van der Waals surface area contributed by atoms with Crippen LogP contribution in [0.25, 0.3) is 10.9 Å². The van der Waals surface area contributed by atoms with E-state index in [2.05, 4.69) is 64.8 Å². The quantitative estimate of drug-likeness (QED) is 0.706. The molecule has 102 valence electrons. The molecule has 0 radical (unpaired) electrons. The number of aryl methyl sites for hydroxylation is 2. The Labute approximate surface area is 118 Å². The number of H-pyrrole nitrogens is 1. The highest BCUT2D eigenvalue weighted by atomic mass is 15.3. The van der Waals surface area contributed by atoms with Gasteiger partial charge >= 0.3 is 0 Å². The van der Waals surface area contributed by atoms with Crippen molar-refractivity contribution in [1.29, 1.82) is 0 Å². The molecule has 0 saturated carbocycles. The van der Waals surface area contributed by atoms with Gasteiger partial charge in [0.2, 0.25) is 0 Å². The second kappa shape index (κ2) is 5.00. The molecule has 3 rings (SSSR count). The number of benzene rings is 1. The number of hydrogen-bond donors (Lipinski definition) is 1. The van der Waals surface area contributed by atoms with Crippen LogP contribution in [0.3, 0.4) is 0 Å². The highest BCUT2D eigenvalue weighted by Crippen LogP contribution is 2.30. The van der Waals surface area contributed by atoms with Gasteiger partial charge in [-0.15, -0.1) is 6.58 Å². The highest BCUT2D eigenvalue weighted by Gasteiger charge is 2.18. The summed E-state index contributed by atoms with van der Waals surface area (Å²) in [6.45, 7) is 8.03. The molecule has 0 bridgehead atoms. The van der Waals surface area contributed by atoms with Crippen LogP contribution in [0.2, 0.25) is 0 Å². The molecule has 0 aliphatic carbocycles. The van der Waals surface area contributed by atoms with Crippen LogP contribution < -0.4 is 0 Å². The number of aromatic amines is 1. The lowest BCUT2D eigenvalue weighted by Gasteiger charge is -2.17. The van der Waals surface area contributed by atoms with Gasteiger partial charge in [-0.3, -0.25) is 4.68 Å². The van der Waals surface area contributed by atoms with Gasteiger partial charge in [-0.25, -0.2) is 0 Å². The Balaban J connectivity index is 2.15. The number of nitrogens with one attached hydrogen (secondary N) is 1. The largest absolute Gasteiger partial charge is 0.361 e. The summed E-state index contributed by atoms with van der Waals surface area (Å²) in [4.78, 5) is 3.35. The molecule has 0 aliphatic heterocycles. The minimum atomic E-state index is 0.192. The van der Waals surface area contributed by atoms with Gasteiger partial charge in [0, 0.05) is 28.4 Å². The molecule has 3 aromatic rings. The first-order valence-electron chi connectivity index (χ1n) is 6.90. The van der Waals surface area contributed by atoms with E-state index in [9.17, 15) is 0 Å². The van der Waals surface area contributed by atoms with Crippen molar-refractivity contribution in [3.8, 4) is 0 Å². The minimum absolute atomic E-state index is 0.192. The first kappa shape index (κ1) is 12.7. The van der Waals surface area contributed by atoms with Gasteiger partial charge in [0.25, 0.3) is 0 Å². The van der Waals surface area contributed by atoms with Crippen LogP contribution in [0.15, 0.2) is 49.2 Å². The Morgan fingerprint density at radius 3 is 2.85 bits per heavy atom. The Morgan fingerprint density at radius 1 is 1.35 bits per heavy atom. The highest BCUT2D eigenvalue weighted by molar-refractivity contribution is 5.83. The van der Waals surface area contributed by atoms with Crippen molar-refractivity contribution in [1.82, 2.24) is 14.8 Å². The van der Waals surface area contributed by atoms with E-state index in [0.29, 0.717) is 0 Å². The van der Waals surface area contributed by atoms with Crippen LogP contribution >= 0.6 is 0 Å². The fourth-order valence-electron chi connectivity index (χ4n) is 2.85. The zero-order chi connectivity index (χ0) is 14.1. The van der Waals surface area contributed by atoms with Crippen LogP contribution in [-0.2, 0) is 0 Å². The molecule has 1 aromatic carbocycles. The molecular formula is C17H19N3. The van der Waals surface area contributed by atoms with Crippen LogP contribution in [0, 0.1) is 13.8 Å². The molecular weight excluding hydrogens is 246 g/mol. The van der Waals surface area contributed by atoms with Crippen molar-refractivity contribution in [2.24, 2.45) is 0 Å². The molecule has 2 heterocycles. The smallest absolute Gasteiger partial charge is 0.0826 e. The minimum Gasteiger partial charge on any atom is -0.361 e. The van der Waals surface area contributed by atoms with Crippen molar-refractivity contribution < 1.29 is 0 Å². The SMILES string of the molecule is C=CCC(c1c[nH]c2ccccc12)n1nc(C)cc1C. The molecule has 0 saturated heterocycles. The Kier molecular flexibility index (Phi) is 3.18. The zero-order valence-electron chi connectivity index (χ0n) is 11.9. The monoisotopic (exact) mass is 265 g/mol. The van der Waals surface area contributed by atoms with Gasteiger partial charge < -0.3 is 4.98 Å². The fraction of sp³-hybridized carbons (Fsp3) is 0.235. The lowest BCUT2D eigenvalue weighted by molar-refractivity contribution is 0.516. The van der Waals surface area contributed by atoms with Crippen LogP contribution in [-0.4, -0.2) is 14.8 Å². The van der Waals surface area contributed by atoms with Gasteiger partial charge in [-0.05, 0) is 32.4 Å². The third-order valence-corrected chi connectivity index (χ3v) is 3.71. The molecule has 3 nitrogen and oxygen atoms in total. The standard InChI is InChI=1S/C17H19N3/c1-4-7-17(20-13(3)10-12(2)19-20)15-11-18-16-9-6-5-8-14(15)16/h4-6,8-11,17-18H,1,7H2,2-3H3. The summed E-state index contributed by atoms with van der Waals surface area (Å²) in [5, 5.41) is 5.90. The van der Waals surface area contributed by atoms with E-state index in [1.807, 2.05) is 13.0 Å². The summed E-state index contributed by atoms with van der Waals surface area (Å²) >= 11 is 0. The maximum absolute atomic E-state index is 4.65. The molecule has 0 fully saturated rings. The average Bonchev–Trinajstić information content (AvgIpc) is 3.00. The Morgan fingerprint density at radius 2 is 2.15 bits per heavy atom. The maximum Gasteiger partial charge on any atom is 0.0826 e. The van der Waals surface area contributed by atoms with Crippen molar-refractivity contribution in [2.75, 3.05) is 0 Å². The molecule has 0 spiro atoms. The van der Waals surface area contributed by atoms with Crippen LogP contribution in [0.1, 0.15) is 29.4 Å². The van der Waals surface area contributed by atoms with E-state index in [1.165, 1.54) is 16.6 Å². The van der Waals surface area contributed by atoms with E-state index >= 15 is 0 Å². The van der Waals surface area contributed by atoms with Gasteiger partial charge in [-0.1, -0.05) is 24.3 Å². The Hall–Kier alpha value is -2.29. The van der Waals surface area contributed by atoms with Crippen LogP contribution in [0.4, 0.5) is 0 Å². The lowest BCUT2D eigenvalue weighted by atomic mass is 10.0. The number of aromatic nitrogens is 3. The first-order chi connectivity index (χ1) is 9.70. The van der Waals surface area contributed by atoms with Gasteiger partial charge in [0.1, 0.15) is 0 Å². The summed E-state index contributed by atoms with van der Waals surface area (Å²) in [6, 6.07) is 10.7. The van der Waals surface area contributed by atoms with E-state index in [-0.39, 0.29) is 6.04 Å². The number of allylic oxidation sites excluding steroid dienone is 1. The summed E-state index contributed by atoms with van der Waals surface area (Å²) in [5.74, 6) is 0. The molecule has 2 aromatic heterocycles. The first-order valence-corrected chi connectivity index (χ1v) is 6.90. The van der Waals surface area contributed by atoms with E-state index in [4.69, 9.17) is 0 Å². The number of fused-ring (bicyclic) bond motifs is 1. The van der Waals surface area contributed by atoms with Gasteiger partial charge in [0.05, 0.1) is 11.7 Å². The fourth-order valence-corrected chi connectivity index (χ4v) is 2.85. The molecule has 0 aliphatic rings. The summed E-state index contributed by atoms with van der Waals surface area (Å²) in [7, 11) is 0. The maximum atomic E-state index is 4.65. The summed E-state index contributed by atoms with van der Waals surface area (Å²) in [6.07, 6.45) is 4.92. The van der Waals surface area contributed by atoms with Crippen LogP contribution in [0.5, 0.6) is 0 Å². The summed E-state index contributed by atoms with van der Waals surface area (Å²) < 4.78 is 2.10. The average molecular weight is 265 g/mol. The topological polar surface area (TPSA) is 33.6 Å². The van der Waals surface area contributed by atoms with E-state index < -0.39 is 0 Å². The molecule has 1 unspecified atom stereocenters. The third kappa shape index (κ3) is 2.05. The number of nitrogens with zero attached hydrogens (tertiary/aromatic N) is 2.